The summed E-state index contributed by atoms with van der Waals surface area (Å²) in [5, 5.41) is 20.2. The number of ether oxygens (including phenoxy) is 1. The van der Waals surface area contributed by atoms with Gasteiger partial charge in [0.25, 0.3) is 6.43 Å². The van der Waals surface area contributed by atoms with Crippen LogP contribution in [-0.2, 0) is 4.74 Å². The fourth-order valence-corrected chi connectivity index (χ4v) is 1.60. The first-order valence-corrected chi connectivity index (χ1v) is 6.46. The normalized spacial score (nSPS) is 16.3. The van der Waals surface area contributed by atoms with Crippen molar-refractivity contribution in [1.82, 2.24) is 10.2 Å². The van der Waals surface area contributed by atoms with Gasteiger partial charge in [0, 0.05) is 13.1 Å². The van der Waals surface area contributed by atoms with E-state index in [1.54, 1.807) is 20.8 Å². The van der Waals surface area contributed by atoms with Crippen molar-refractivity contribution >= 4 is 11.8 Å². The molecule has 1 fully saturated rings. The zero-order valence-electron chi connectivity index (χ0n) is 12.4. The van der Waals surface area contributed by atoms with Gasteiger partial charge in [-0.1, -0.05) is 0 Å². The van der Waals surface area contributed by atoms with Crippen molar-refractivity contribution in [3.05, 3.63) is 22.0 Å². The Bertz CT molecular complexity index is 496. The number of nitrogens with zero attached hydrogens (tertiary/aromatic N) is 2. The second-order valence-electron chi connectivity index (χ2n) is 5.75. The van der Waals surface area contributed by atoms with Crippen molar-refractivity contribution in [1.29, 1.82) is 5.41 Å². The van der Waals surface area contributed by atoms with Crippen molar-refractivity contribution in [2.75, 3.05) is 13.1 Å². The van der Waals surface area contributed by atoms with Crippen LogP contribution in [0.4, 0.5) is 13.6 Å². The Hall–Kier alpha value is -2.26. The number of halogens is 2. The minimum absolute atomic E-state index is 0.235. The Morgan fingerprint density at radius 3 is 2.45 bits per heavy atom. The summed E-state index contributed by atoms with van der Waals surface area (Å²) in [7, 11) is 0. The number of nitrogens with one attached hydrogen (secondary N) is 2. The van der Waals surface area contributed by atoms with Crippen LogP contribution >= 0.6 is 0 Å². The molecular weight excluding hydrogens is 302 g/mol. The lowest BCUT2D eigenvalue weighted by Gasteiger charge is -2.39. The second-order valence-corrected chi connectivity index (χ2v) is 5.75. The van der Waals surface area contributed by atoms with E-state index in [9.17, 15) is 23.7 Å². The number of amides is 1. The molecule has 10 heteroatoms. The molecule has 1 aliphatic rings. The van der Waals surface area contributed by atoms with E-state index >= 15 is 0 Å². The zero-order valence-corrected chi connectivity index (χ0v) is 12.4. The van der Waals surface area contributed by atoms with Gasteiger partial charge >= 0.3 is 11.8 Å². The van der Waals surface area contributed by atoms with Gasteiger partial charge in [0.15, 0.2) is 5.71 Å². The van der Waals surface area contributed by atoms with Crippen LogP contribution in [0.15, 0.2) is 11.9 Å². The van der Waals surface area contributed by atoms with Gasteiger partial charge in [0.05, 0.1) is 17.2 Å². The smallest absolute Gasteiger partial charge is 0.410 e. The molecule has 2 N–H and O–H groups in total. The molecule has 8 nitrogen and oxygen atoms in total. The summed E-state index contributed by atoms with van der Waals surface area (Å²) in [5.74, 6) is 0. The van der Waals surface area contributed by atoms with Gasteiger partial charge in [0.1, 0.15) is 5.60 Å². The molecule has 124 valence electrons. The number of nitro groups is 1. The largest absolute Gasteiger partial charge is 0.444 e. The summed E-state index contributed by atoms with van der Waals surface area (Å²) in [6, 6.07) is -0.312. The van der Waals surface area contributed by atoms with E-state index in [1.165, 1.54) is 4.90 Å². The number of hydrogen-bond donors (Lipinski definition) is 2. The molecule has 1 rings (SSSR count). The highest BCUT2D eigenvalue weighted by Crippen LogP contribution is 2.15. The molecular formula is C12H18F2N4O4. The van der Waals surface area contributed by atoms with Crippen LogP contribution in [0.1, 0.15) is 20.8 Å². The average molecular weight is 320 g/mol. The first kappa shape index (κ1) is 17.8. The predicted octanol–water partition coefficient (Wildman–Crippen LogP) is 1.60. The second kappa shape index (κ2) is 6.67. The van der Waals surface area contributed by atoms with Crippen LogP contribution in [0.25, 0.3) is 0 Å². The molecule has 1 saturated heterocycles. The number of alkyl halides is 2. The Kier molecular flexibility index (Phi) is 5.39. The van der Waals surface area contributed by atoms with Crippen LogP contribution in [0.2, 0.25) is 0 Å². The first-order chi connectivity index (χ1) is 10.0. The quantitative estimate of drug-likeness (QED) is 0.454. The predicted molar refractivity (Wildman–Crippen MR) is 73.5 cm³/mol. The number of rotatable bonds is 5. The van der Waals surface area contributed by atoms with Gasteiger partial charge in [-0.25, -0.2) is 13.6 Å². The molecule has 0 saturated carbocycles. The molecule has 1 aliphatic heterocycles. The summed E-state index contributed by atoms with van der Waals surface area (Å²) < 4.78 is 29.8. The molecule has 0 atom stereocenters. The molecule has 0 aromatic heterocycles. The van der Waals surface area contributed by atoms with E-state index in [4.69, 9.17) is 10.1 Å². The van der Waals surface area contributed by atoms with Crippen molar-refractivity contribution in [3.8, 4) is 0 Å². The third-order valence-corrected chi connectivity index (χ3v) is 2.68. The van der Waals surface area contributed by atoms with E-state index in [0.717, 1.165) is 6.20 Å². The van der Waals surface area contributed by atoms with Gasteiger partial charge in [-0.15, -0.1) is 0 Å². The highest BCUT2D eigenvalue weighted by molar-refractivity contribution is 5.97. The molecule has 0 radical (unpaired) electrons. The first-order valence-electron chi connectivity index (χ1n) is 6.46. The van der Waals surface area contributed by atoms with Crippen LogP contribution in [0, 0.1) is 15.5 Å². The Morgan fingerprint density at radius 1 is 1.50 bits per heavy atom. The van der Waals surface area contributed by atoms with Crippen LogP contribution in [0.5, 0.6) is 0 Å². The summed E-state index contributed by atoms with van der Waals surface area (Å²) in [4.78, 5) is 22.6. The minimum Gasteiger partial charge on any atom is -0.444 e. The van der Waals surface area contributed by atoms with Gasteiger partial charge < -0.3 is 15.0 Å². The Morgan fingerprint density at radius 2 is 2.05 bits per heavy atom. The summed E-state index contributed by atoms with van der Waals surface area (Å²) in [6.07, 6.45) is -2.96. The van der Waals surface area contributed by atoms with Crippen molar-refractivity contribution < 1.29 is 23.2 Å². The molecule has 0 aromatic carbocycles. The molecule has 0 spiro atoms. The Balaban J connectivity index is 2.51. The zero-order chi connectivity index (χ0) is 17.1. The number of carbonyl (C=O) groups excluding carboxylic acids is 1. The van der Waals surface area contributed by atoms with Crippen molar-refractivity contribution in [2.24, 2.45) is 0 Å². The number of allylic oxidation sites excluding steroid dienone is 1. The topological polar surface area (TPSA) is 109 Å². The average Bonchev–Trinajstić information content (AvgIpc) is 2.27. The van der Waals surface area contributed by atoms with Crippen molar-refractivity contribution in [3.63, 3.8) is 0 Å². The van der Waals surface area contributed by atoms with Gasteiger partial charge in [0.2, 0.25) is 0 Å². The maximum atomic E-state index is 12.3. The highest BCUT2D eigenvalue weighted by Gasteiger charge is 2.34. The molecule has 1 heterocycles. The lowest BCUT2D eigenvalue weighted by atomic mass is 10.1. The number of hydrogen-bond acceptors (Lipinski definition) is 6. The van der Waals surface area contributed by atoms with Crippen LogP contribution < -0.4 is 5.32 Å². The maximum absolute atomic E-state index is 12.3. The molecule has 0 aliphatic carbocycles. The molecule has 1 amide bonds. The molecule has 0 aromatic rings. The summed E-state index contributed by atoms with van der Waals surface area (Å²) in [6.45, 7) is 5.64. The number of likely N-dealkylation sites (tertiary alicyclic amines) is 1. The third-order valence-electron chi connectivity index (χ3n) is 2.68. The standard InChI is InChI=1S/C12H18F2N4O4/c1-12(2,3)22-11(19)17-5-7(6-17)16-4-8(18(20)21)9(15)10(13)14/h4,7,10,15-16H,5-6H2,1-3H3/b8-4+,15-9?. The molecule has 0 bridgehead atoms. The van der Waals surface area contributed by atoms with E-state index in [0.29, 0.717) is 0 Å². The summed E-state index contributed by atoms with van der Waals surface area (Å²) >= 11 is 0. The van der Waals surface area contributed by atoms with Gasteiger partial charge in [-0.05, 0) is 20.8 Å². The van der Waals surface area contributed by atoms with E-state index in [1.807, 2.05) is 0 Å². The monoisotopic (exact) mass is 320 g/mol. The fourth-order valence-electron chi connectivity index (χ4n) is 1.60. The van der Waals surface area contributed by atoms with Crippen LogP contribution in [-0.4, -0.2) is 52.8 Å². The van der Waals surface area contributed by atoms with Gasteiger partial charge in [-0.3, -0.25) is 15.5 Å². The van der Waals surface area contributed by atoms with Gasteiger partial charge in [-0.2, -0.15) is 0 Å². The fraction of sp³-hybridized carbons (Fsp3) is 0.667. The maximum Gasteiger partial charge on any atom is 0.410 e. The lowest BCUT2D eigenvalue weighted by molar-refractivity contribution is -0.416. The minimum atomic E-state index is -3.22. The number of carbonyl (C=O) groups is 1. The summed E-state index contributed by atoms with van der Waals surface area (Å²) in [5.41, 5.74) is -2.98. The van der Waals surface area contributed by atoms with E-state index < -0.39 is 34.5 Å². The van der Waals surface area contributed by atoms with Crippen molar-refractivity contribution in [2.45, 2.75) is 38.8 Å². The third kappa shape index (κ3) is 4.93. The Labute approximate surface area is 125 Å². The highest BCUT2D eigenvalue weighted by atomic mass is 19.3. The lowest BCUT2D eigenvalue weighted by Crippen LogP contribution is -2.59. The van der Waals surface area contributed by atoms with E-state index in [-0.39, 0.29) is 19.1 Å². The molecule has 22 heavy (non-hydrogen) atoms. The molecule has 0 unspecified atom stereocenters. The van der Waals surface area contributed by atoms with Crippen LogP contribution in [0.3, 0.4) is 0 Å². The SMILES string of the molecule is CC(C)(C)OC(=O)N1CC(N/C=C(\C(=N)C(F)F)[N+](=O)[O-])C1. The van der Waals surface area contributed by atoms with E-state index in [2.05, 4.69) is 5.32 Å².